The van der Waals surface area contributed by atoms with E-state index in [1.54, 1.807) is 43.3 Å². The van der Waals surface area contributed by atoms with Gasteiger partial charge in [-0.1, -0.05) is 54.6 Å². The lowest BCUT2D eigenvalue weighted by molar-refractivity contribution is -0.117. The highest BCUT2D eigenvalue weighted by Crippen LogP contribution is 2.45. The van der Waals surface area contributed by atoms with Gasteiger partial charge in [0.1, 0.15) is 16.5 Å². The summed E-state index contributed by atoms with van der Waals surface area (Å²) in [6, 6.07) is 21.7. The smallest absolute Gasteiger partial charge is 0.294 e. The molecule has 1 atom stereocenters. The molecule has 0 saturated heterocycles. The topological polar surface area (TPSA) is 100.0 Å². The summed E-state index contributed by atoms with van der Waals surface area (Å²) in [4.78, 5) is 33.6. The van der Waals surface area contributed by atoms with Gasteiger partial charge in [-0.15, -0.1) is 11.3 Å². The van der Waals surface area contributed by atoms with E-state index < -0.39 is 23.5 Å². The lowest BCUT2D eigenvalue weighted by Crippen LogP contribution is -2.31. The molecule has 0 radical (unpaired) electrons. The number of phenolic OH excluding ortho intramolecular Hbond substituents is 1. The average Bonchev–Trinajstić information content (AvgIpc) is 3.42. The minimum atomic E-state index is -0.941. The van der Waals surface area contributed by atoms with Crippen molar-refractivity contribution < 1.29 is 24.5 Å². The van der Waals surface area contributed by atoms with Crippen LogP contribution in [0.4, 0.5) is 5.69 Å². The second-order valence-electron chi connectivity index (χ2n) is 8.23. The molecule has 5 rings (SSSR count). The molecule has 180 valence electrons. The second-order valence-corrected chi connectivity index (χ2v) is 9.23. The third kappa shape index (κ3) is 3.91. The van der Waals surface area contributed by atoms with E-state index in [0.717, 1.165) is 5.56 Å². The van der Waals surface area contributed by atoms with E-state index in [9.17, 15) is 19.8 Å². The highest BCUT2D eigenvalue weighted by atomic mass is 32.1. The number of carbonyl (C=O) groups is 2. The van der Waals surface area contributed by atoms with Gasteiger partial charge in [-0.25, -0.2) is 4.98 Å². The van der Waals surface area contributed by atoms with Gasteiger partial charge in [0.2, 0.25) is 5.78 Å². The molecular formula is C28H22N2O5S. The van der Waals surface area contributed by atoms with Gasteiger partial charge in [0.15, 0.2) is 5.76 Å². The number of Topliss-reactive ketones (excluding diaryl/α,β-unsaturated/α-hetero) is 1. The lowest BCUT2D eigenvalue weighted by Gasteiger charge is -2.28. The predicted molar refractivity (Wildman–Crippen MR) is 138 cm³/mol. The number of methoxy groups -OCH3 is 1. The number of aliphatic hydroxyl groups is 1. The van der Waals surface area contributed by atoms with E-state index >= 15 is 0 Å². The van der Waals surface area contributed by atoms with Crippen molar-refractivity contribution in [3.8, 4) is 22.1 Å². The molecule has 1 amide bonds. The van der Waals surface area contributed by atoms with Crippen LogP contribution in [0.2, 0.25) is 0 Å². The van der Waals surface area contributed by atoms with Gasteiger partial charge < -0.3 is 14.9 Å². The highest BCUT2D eigenvalue weighted by Gasteiger charge is 2.46. The van der Waals surface area contributed by atoms with E-state index in [1.807, 2.05) is 30.3 Å². The number of anilines is 1. The number of phenols is 1. The van der Waals surface area contributed by atoms with Crippen LogP contribution < -0.4 is 9.64 Å². The summed E-state index contributed by atoms with van der Waals surface area (Å²) in [6.07, 6.45) is 0. The van der Waals surface area contributed by atoms with E-state index in [1.165, 1.54) is 35.5 Å². The third-order valence-electron chi connectivity index (χ3n) is 6.03. The van der Waals surface area contributed by atoms with Crippen LogP contribution in [-0.4, -0.2) is 34.0 Å². The van der Waals surface area contributed by atoms with Gasteiger partial charge in [-0.05, 0) is 36.8 Å². The van der Waals surface area contributed by atoms with Gasteiger partial charge in [0.25, 0.3) is 5.91 Å². The summed E-state index contributed by atoms with van der Waals surface area (Å²) in [5.74, 6) is -1.37. The monoisotopic (exact) mass is 498 g/mol. The van der Waals surface area contributed by atoms with Crippen molar-refractivity contribution in [1.82, 2.24) is 4.98 Å². The van der Waals surface area contributed by atoms with Crippen molar-refractivity contribution in [2.45, 2.75) is 13.0 Å². The van der Waals surface area contributed by atoms with Crippen LogP contribution in [0.5, 0.6) is 11.5 Å². The van der Waals surface area contributed by atoms with Crippen LogP contribution in [-0.2, 0) is 4.79 Å². The second kappa shape index (κ2) is 9.31. The third-order valence-corrected chi connectivity index (χ3v) is 7.24. The normalized spacial score (nSPS) is 15.4. The van der Waals surface area contributed by atoms with Crippen molar-refractivity contribution in [3.05, 3.63) is 106 Å². The Balaban J connectivity index is 1.65. The van der Waals surface area contributed by atoms with Gasteiger partial charge in [-0.3, -0.25) is 14.5 Å². The number of benzene rings is 3. The van der Waals surface area contributed by atoms with Crippen molar-refractivity contribution in [3.63, 3.8) is 0 Å². The van der Waals surface area contributed by atoms with Crippen molar-refractivity contribution in [1.29, 1.82) is 0 Å². The number of aromatic nitrogens is 1. The van der Waals surface area contributed by atoms with Crippen LogP contribution in [0.15, 0.2) is 90.2 Å². The van der Waals surface area contributed by atoms with E-state index in [2.05, 4.69) is 4.98 Å². The molecule has 1 aliphatic heterocycles. The summed E-state index contributed by atoms with van der Waals surface area (Å²) in [5, 5.41) is 21.6. The minimum Gasteiger partial charge on any atom is -0.508 e. The molecule has 3 aromatic carbocycles. The summed E-state index contributed by atoms with van der Waals surface area (Å²) < 4.78 is 5.47. The number of aromatic hydroxyl groups is 1. The number of amides is 1. The van der Waals surface area contributed by atoms with Crippen LogP contribution in [0.1, 0.15) is 27.0 Å². The first kappa shape index (κ1) is 23.3. The number of carbonyl (C=O) groups excluding carboxylic acids is 2. The number of hydrogen-bond donors (Lipinski definition) is 2. The molecule has 0 saturated carbocycles. The standard InChI is InChI=1S/C28H22N2O5S/c1-16-26(36-27(29-16)18-8-4-3-5-9-18)24(32)22-23(17-12-14-19(31)15-13-17)30(28(34)25(22)33)20-10-6-7-11-21(20)35-2/h3-15,23,31,33H,1-2H3. The van der Waals surface area contributed by atoms with E-state index in [4.69, 9.17) is 4.74 Å². The Kier molecular flexibility index (Phi) is 6.03. The summed E-state index contributed by atoms with van der Waals surface area (Å²) in [5.41, 5.74) is 2.28. The molecule has 2 N–H and O–H groups in total. The Bertz CT molecular complexity index is 1490. The Hall–Kier alpha value is -4.43. The van der Waals surface area contributed by atoms with Crippen LogP contribution in [0.25, 0.3) is 10.6 Å². The largest absolute Gasteiger partial charge is 0.508 e. The molecule has 0 fully saturated rings. The van der Waals surface area contributed by atoms with Crippen LogP contribution in [0, 0.1) is 6.92 Å². The molecule has 1 aromatic heterocycles. The van der Waals surface area contributed by atoms with Crippen LogP contribution >= 0.6 is 11.3 Å². The zero-order valence-corrected chi connectivity index (χ0v) is 20.3. The first-order chi connectivity index (χ1) is 17.4. The SMILES string of the molecule is COc1ccccc1N1C(=O)C(O)=C(C(=O)c2sc(-c3ccccc3)nc2C)C1c1ccc(O)cc1. The molecule has 1 unspecified atom stereocenters. The zero-order chi connectivity index (χ0) is 25.4. The molecule has 1 aliphatic rings. The number of para-hydroxylation sites is 2. The van der Waals surface area contributed by atoms with Gasteiger partial charge in [-0.2, -0.15) is 0 Å². The fourth-order valence-corrected chi connectivity index (χ4v) is 5.35. The molecule has 0 bridgehead atoms. The fraction of sp³-hybridized carbons (Fsp3) is 0.107. The number of aliphatic hydroxyl groups excluding tert-OH is 1. The number of hydrogen-bond acceptors (Lipinski definition) is 7. The Labute approximate surface area is 211 Å². The number of nitrogens with zero attached hydrogens (tertiary/aromatic N) is 2. The quantitative estimate of drug-likeness (QED) is 0.335. The maximum atomic E-state index is 13.9. The molecule has 4 aromatic rings. The number of aryl methyl sites for hydroxylation is 1. The number of thiazole rings is 1. The summed E-state index contributed by atoms with van der Waals surface area (Å²) in [7, 11) is 1.49. The highest BCUT2D eigenvalue weighted by molar-refractivity contribution is 7.17. The summed E-state index contributed by atoms with van der Waals surface area (Å²) >= 11 is 1.21. The van der Waals surface area contributed by atoms with Gasteiger partial charge in [0, 0.05) is 5.56 Å². The lowest BCUT2D eigenvalue weighted by atomic mass is 9.94. The molecule has 2 heterocycles. The van der Waals surface area contributed by atoms with Crippen molar-refractivity contribution >= 4 is 28.7 Å². The number of rotatable bonds is 6. The van der Waals surface area contributed by atoms with Crippen LogP contribution in [0.3, 0.4) is 0 Å². The molecule has 36 heavy (non-hydrogen) atoms. The zero-order valence-electron chi connectivity index (χ0n) is 19.5. The summed E-state index contributed by atoms with van der Waals surface area (Å²) in [6.45, 7) is 1.73. The first-order valence-electron chi connectivity index (χ1n) is 11.2. The molecule has 0 spiro atoms. The maximum absolute atomic E-state index is 13.9. The Morgan fingerprint density at radius 2 is 1.64 bits per heavy atom. The van der Waals surface area contributed by atoms with Gasteiger partial charge >= 0.3 is 0 Å². The van der Waals surface area contributed by atoms with Crippen molar-refractivity contribution in [2.75, 3.05) is 12.0 Å². The molecule has 7 nitrogen and oxygen atoms in total. The molecular weight excluding hydrogens is 476 g/mol. The fourth-order valence-electron chi connectivity index (χ4n) is 4.32. The predicted octanol–water partition coefficient (Wildman–Crippen LogP) is 5.62. The molecule has 8 heteroatoms. The van der Waals surface area contributed by atoms with E-state index in [0.29, 0.717) is 32.6 Å². The van der Waals surface area contributed by atoms with Crippen molar-refractivity contribution in [2.24, 2.45) is 0 Å². The first-order valence-corrected chi connectivity index (χ1v) is 12.0. The number of ketones is 1. The molecule has 0 aliphatic carbocycles. The maximum Gasteiger partial charge on any atom is 0.294 e. The average molecular weight is 499 g/mol. The Morgan fingerprint density at radius 3 is 2.33 bits per heavy atom. The minimum absolute atomic E-state index is 0.0406. The van der Waals surface area contributed by atoms with Gasteiger partial charge in [0.05, 0.1) is 35.0 Å². The van der Waals surface area contributed by atoms with E-state index in [-0.39, 0.29) is 11.3 Å². The number of ether oxygens (including phenoxy) is 1. The Morgan fingerprint density at radius 1 is 0.972 bits per heavy atom.